The van der Waals surface area contributed by atoms with Crippen molar-refractivity contribution in [2.24, 2.45) is 0 Å². The Morgan fingerprint density at radius 2 is 0.806 bits per heavy atom. The highest BCUT2D eigenvalue weighted by atomic mass is 35.5. The van der Waals surface area contributed by atoms with Crippen LogP contribution in [0.3, 0.4) is 0 Å². The van der Waals surface area contributed by atoms with Crippen molar-refractivity contribution < 1.29 is 58.5 Å². The molecule has 4 aromatic rings. The molecule has 0 radical (unpaired) electrons. The zero-order valence-corrected chi connectivity index (χ0v) is 42.9. The Hall–Kier alpha value is -7.49. The molecule has 376 valence electrons. The van der Waals surface area contributed by atoms with Gasteiger partial charge < -0.3 is 31.3 Å². The number of aliphatic hydroxyl groups is 3. The van der Waals surface area contributed by atoms with Crippen molar-refractivity contribution in [3.05, 3.63) is 145 Å². The van der Waals surface area contributed by atoms with E-state index in [1.54, 1.807) is 71.9 Å². The molecule has 0 bridgehead atoms. The summed E-state index contributed by atoms with van der Waals surface area (Å²) in [6.45, 7) is 15.5. The summed E-state index contributed by atoms with van der Waals surface area (Å²) in [5.41, 5.74) is 2.06. The first kappa shape index (κ1) is 55.4. The van der Waals surface area contributed by atoms with E-state index in [0.29, 0.717) is 27.8 Å². The standard InChI is InChI=1S/C23H23NO4.C16H15Cl2NO4.C16H17NO4/c1-13-7-5-6-8-16(13)15-9-10-18-17(11-15)20(26)19(21(27)23(18,3)4)22(28)24-12-14(2)25;1-7(20)6-19-15(23)12-13(21)8-4-10(17)11(18)5-9(8)16(2,3)14(12)22;1-9(18)8-17-15(21)12-13(19)10-6-4-5-7-11(10)16(2,3)14(12)20/h5-11,26H,12H2,1-4H3,(H,24,28);4-5,21H,6H2,1-3H3,(H,19,23);4-7,19H,8H2,1-3H3,(H,17,21). The molecule has 0 saturated heterocycles. The van der Waals surface area contributed by atoms with Crippen LogP contribution < -0.4 is 16.0 Å². The van der Waals surface area contributed by atoms with Crippen molar-refractivity contribution in [3.8, 4) is 11.1 Å². The van der Waals surface area contributed by atoms with Crippen molar-refractivity contribution in [3.63, 3.8) is 0 Å². The molecule has 4 aromatic carbocycles. The summed E-state index contributed by atoms with van der Waals surface area (Å²) in [6, 6.07) is 23.3. The minimum atomic E-state index is -1.07. The van der Waals surface area contributed by atoms with Gasteiger partial charge in [0.15, 0.2) is 17.3 Å². The number of ketones is 6. The number of Topliss-reactive ketones (excluding diaryl/α,β-unsaturated/α-hetero) is 6. The number of hydrogen-bond acceptors (Lipinski definition) is 12. The summed E-state index contributed by atoms with van der Waals surface area (Å²) in [5, 5.41) is 39.0. The van der Waals surface area contributed by atoms with E-state index >= 15 is 0 Å². The molecule has 7 rings (SSSR count). The van der Waals surface area contributed by atoms with E-state index in [4.69, 9.17) is 23.2 Å². The fourth-order valence-electron chi connectivity index (χ4n) is 8.39. The van der Waals surface area contributed by atoms with E-state index in [-0.39, 0.29) is 80.8 Å². The third-order valence-electron chi connectivity index (χ3n) is 12.5. The number of amides is 3. The molecule has 3 aliphatic carbocycles. The Morgan fingerprint density at radius 3 is 1.24 bits per heavy atom. The first-order valence-corrected chi connectivity index (χ1v) is 23.3. The number of rotatable bonds is 10. The van der Waals surface area contributed by atoms with Gasteiger partial charge in [-0.2, -0.15) is 0 Å². The number of nitrogens with one attached hydrogen (secondary N) is 3. The molecule has 3 aliphatic rings. The Kier molecular flexibility index (Phi) is 16.5. The van der Waals surface area contributed by atoms with Gasteiger partial charge in [-0.1, -0.05) is 83.9 Å². The Morgan fingerprint density at radius 1 is 0.458 bits per heavy atom. The van der Waals surface area contributed by atoms with Crippen LogP contribution in [0, 0.1) is 6.92 Å². The molecular formula is C55H55Cl2N3O12. The maximum atomic E-state index is 13.0. The van der Waals surface area contributed by atoms with E-state index in [9.17, 15) is 58.5 Å². The molecule has 0 atom stereocenters. The van der Waals surface area contributed by atoms with E-state index < -0.39 is 57.1 Å². The van der Waals surface area contributed by atoms with Crippen LogP contribution in [0.5, 0.6) is 0 Å². The van der Waals surface area contributed by atoms with E-state index in [2.05, 4.69) is 16.0 Å². The first-order valence-electron chi connectivity index (χ1n) is 22.6. The third kappa shape index (κ3) is 11.0. The molecule has 0 unspecified atom stereocenters. The predicted molar refractivity (Wildman–Crippen MR) is 273 cm³/mol. The topological polar surface area (TPSA) is 250 Å². The maximum absolute atomic E-state index is 13.0. The van der Waals surface area contributed by atoms with E-state index in [0.717, 1.165) is 16.7 Å². The number of aliphatic hydroxyl groups excluding tert-OH is 3. The molecular weight excluding hydrogens is 966 g/mol. The highest BCUT2D eigenvalue weighted by molar-refractivity contribution is 6.42. The van der Waals surface area contributed by atoms with Crippen molar-refractivity contribution in [2.45, 2.75) is 85.5 Å². The van der Waals surface area contributed by atoms with Gasteiger partial charge in [-0.15, -0.1) is 0 Å². The van der Waals surface area contributed by atoms with Gasteiger partial charge in [0.1, 0.15) is 51.3 Å². The lowest BCUT2D eigenvalue weighted by Crippen LogP contribution is -2.42. The largest absolute Gasteiger partial charge is 0.506 e. The van der Waals surface area contributed by atoms with Gasteiger partial charge in [-0.3, -0.25) is 43.2 Å². The summed E-state index contributed by atoms with van der Waals surface area (Å²) >= 11 is 12.0. The zero-order valence-electron chi connectivity index (χ0n) is 41.4. The van der Waals surface area contributed by atoms with Gasteiger partial charge >= 0.3 is 0 Å². The van der Waals surface area contributed by atoms with Gasteiger partial charge in [0.25, 0.3) is 17.7 Å². The third-order valence-corrected chi connectivity index (χ3v) is 13.2. The molecule has 3 amide bonds. The van der Waals surface area contributed by atoms with E-state index in [1.807, 2.05) is 43.3 Å². The first-order chi connectivity index (χ1) is 33.5. The molecule has 0 saturated carbocycles. The monoisotopic (exact) mass is 1020 g/mol. The Balaban J connectivity index is 0.000000203. The lowest BCUT2D eigenvalue weighted by molar-refractivity contribution is -0.127. The highest BCUT2D eigenvalue weighted by Crippen LogP contribution is 2.44. The van der Waals surface area contributed by atoms with Gasteiger partial charge in [0.2, 0.25) is 0 Å². The van der Waals surface area contributed by atoms with Crippen LogP contribution in [0.4, 0.5) is 0 Å². The maximum Gasteiger partial charge on any atom is 0.259 e. The summed E-state index contributed by atoms with van der Waals surface area (Å²) < 4.78 is 0. The SMILES string of the molecule is CC(=O)CNC(=O)C1=C(O)c2cc(-c3ccccc3C)ccc2C(C)(C)C1=O.CC(=O)CNC(=O)C1=C(O)c2cc(Cl)c(Cl)cc2C(C)(C)C1=O.CC(=O)CNC(=O)C1=C(O)c2ccccc2C(C)(C)C1=O. The molecule has 0 aliphatic heterocycles. The predicted octanol–water partition coefficient (Wildman–Crippen LogP) is 7.85. The molecule has 6 N–H and O–H groups in total. The van der Waals surface area contributed by atoms with Crippen LogP contribution in [0.2, 0.25) is 10.0 Å². The number of aryl methyl sites for hydroxylation is 1. The number of benzene rings is 4. The second-order valence-electron chi connectivity index (χ2n) is 19.1. The number of hydrogen-bond donors (Lipinski definition) is 6. The quantitative estimate of drug-likeness (QED) is 0.0832. The van der Waals surface area contributed by atoms with E-state index in [1.165, 1.54) is 32.9 Å². The average molecular weight is 1020 g/mol. The van der Waals surface area contributed by atoms with Gasteiger partial charge in [0.05, 0.1) is 45.9 Å². The van der Waals surface area contributed by atoms with Crippen LogP contribution in [0.25, 0.3) is 28.4 Å². The molecule has 0 heterocycles. The second-order valence-corrected chi connectivity index (χ2v) is 19.9. The van der Waals surface area contributed by atoms with Crippen LogP contribution in [-0.2, 0) is 59.4 Å². The fourth-order valence-corrected chi connectivity index (χ4v) is 8.71. The van der Waals surface area contributed by atoms with Gasteiger partial charge in [-0.25, -0.2) is 0 Å². The minimum Gasteiger partial charge on any atom is -0.506 e. The summed E-state index contributed by atoms with van der Waals surface area (Å²) in [7, 11) is 0. The van der Waals surface area contributed by atoms with Crippen molar-refractivity contribution in [2.75, 3.05) is 19.6 Å². The Bertz CT molecular complexity index is 3120. The smallest absolute Gasteiger partial charge is 0.259 e. The number of fused-ring (bicyclic) bond motifs is 3. The molecule has 72 heavy (non-hydrogen) atoms. The highest BCUT2D eigenvalue weighted by Gasteiger charge is 2.46. The van der Waals surface area contributed by atoms with Crippen molar-refractivity contribution in [1.29, 1.82) is 0 Å². The number of carbonyl (C=O) groups is 9. The Labute approximate surface area is 426 Å². The van der Waals surface area contributed by atoms with Crippen molar-refractivity contribution >= 4 is 92.9 Å². The number of carbonyl (C=O) groups excluding carboxylic acids is 9. The lowest BCUT2D eigenvalue weighted by Gasteiger charge is -2.32. The average Bonchev–Trinajstić information content (AvgIpc) is 3.31. The van der Waals surface area contributed by atoms with Gasteiger partial charge in [0, 0.05) is 16.7 Å². The molecule has 0 fully saturated rings. The fraction of sp³-hybridized carbons (Fsp3) is 0.291. The van der Waals surface area contributed by atoms with Crippen LogP contribution in [0.15, 0.2) is 95.6 Å². The van der Waals surface area contributed by atoms with Crippen LogP contribution in [0.1, 0.15) is 101 Å². The normalized spacial score (nSPS) is 15.9. The minimum absolute atomic E-state index is 0.176. The number of halogens is 2. The second kappa shape index (κ2) is 21.5. The van der Waals surface area contributed by atoms with Crippen molar-refractivity contribution in [1.82, 2.24) is 16.0 Å². The molecule has 17 heteroatoms. The summed E-state index contributed by atoms with van der Waals surface area (Å²) in [6.07, 6.45) is 0. The summed E-state index contributed by atoms with van der Waals surface area (Å²) in [4.78, 5) is 108. The molecule has 0 spiro atoms. The van der Waals surface area contributed by atoms with Crippen LogP contribution >= 0.6 is 23.2 Å². The summed E-state index contributed by atoms with van der Waals surface area (Å²) in [5.74, 6) is -5.64. The molecule has 15 nitrogen and oxygen atoms in total. The van der Waals surface area contributed by atoms with Crippen LogP contribution in [-0.4, -0.2) is 87.4 Å². The molecule has 0 aromatic heterocycles. The van der Waals surface area contributed by atoms with Gasteiger partial charge in [-0.05, 0) is 121 Å². The zero-order chi connectivity index (χ0) is 53.9. The lowest BCUT2D eigenvalue weighted by atomic mass is 9.70.